The van der Waals surface area contributed by atoms with Crippen LogP contribution in [0.4, 0.5) is 5.69 Å². The molecule has 0 atom stereocenters. The van der Waals surface area contributed by atoms with Crippen LogP contribution in [0.15, 0.2) is 29.3 Å². The molecular weight excluding hydrogens is 244 g/mol. The first-order valence-corrected chi connectivity index (χ1v) is 5.94. The van der Waals surface area contributed by atoms with E-state index >= 15 is 0 Å². The predicted octanol–water partition coefficient (Wildman–Crippen LogP) is 0.900. The Hall–Kier alpha value is -2.24. The van der Waals surface area contributed by atoms with E-state index in [-0.39, 0.29) is 11.9 Å². The van der Waals surface area contributed by atoms with Gasteiger partial charge in [-0.25, -0.2) is 0 Å². The van der Waals surface area contributed by atoms with Gasteiger partial charge in [-0.2, -0.15) is 0 Å². The Morgan fingerprint density at radius 1 is 1.37 bits per heavy atom. The minimum absolute atomic E-state index is 0.0287. The van der Waals surface area contributed by atoms with Gasteiger partial charge in [-0.3, -0.25) is 9.79 Å². The standard InChI is InChI=1S/C13H20N4O2/c1-17(2)12(18)8-9-15-13(14)16-10-4-6-11(19-3)7-5-10/h4-7H,8-9H2,1-3H3,(H3,14,15,16). The molecule has 0 radical (unpaired) electrons. The van der Waals surface area contributed by atoms with Crippen LogP contribution in [0.1, 0.15) is 6.42 Å². The summed E-state index contributed by atoms with van der Waals surface area (Å²) in [5, 5.41) is 2.94. The average Bonchev–Trinajstić information content (AvgIpc) is 2.39. The first kappa shape index (κ1) is 14.8. The SMILES string of the molecule is COc1ccc(NC(N)=NCCC(=O)N(C)C)cc1. The Balaban J connectivity index is 2.44. The molecule has 0 spiro atoms. The number of carbonyl (C=O) groups excluding carboxylic acids is 1. The monoisotopic (exact) mass is 264 g/mol. The zero-order valence-corrected chi connectivity index (χ0v) is 11.5. The number of guanidine groups is 1. The Kier molecular flexibility index (Phi) is 5.66. The van der Waals surface area contributed by atoms with Gasteiger partial charge in [-0.1, -0.05) is 0 Å². The van der Waals surface area contributed by atoms with Crippen molar-refractivity contribution in [3.05, 3.63) is 24.3 Å². The molecular formula is C13H20N4O2. The molecule has 0 aliphatic carbocycles. The second kappa shape index (κ2) is 7.25. The summed E-state index contributed by atoms with van der Waals surface area (Å²) in [6, 6.07) is 7.33. The molecule has 19 heavy (non-hydrogen) atoms. The van der Waals surface area contributed by atoms with Gasteiger partial charge in [0.2, 0.25) is 5.91 Å². The number of nitrogens with one attached hydrogen (secondary N) is 1. The van der Waals surface area contributed by atoms with Crippen molar-refractivity contribution in [3.8, 4) is 5.75 Å². The van der Waals surface area contributed by atoms with Crippen molar-refractivity contribution >= 4 is 17.6 Å². The summed E-state index contributed by atoms with van der Waals surface area (Å²) in [6.07, 6.45) is 0.345. The predicted molar refractivity (Wildman–Crippen MR) is 76.4 cm³/mol. The van der Waals surface area contributed by atoms with Crippen molar-refractivity contribution in [1.29, 1.82) is 0 Å². The molecule has 0 heterocycles. The van der Waals surface area contributed by atoms with Crippen LogP contribution >= 0.6 is 0 Å². The maximum Gasteiger partial charge on any atom is 0.223 e. The number of benzene rings is 1. The van der Waals surface area contributed by atoms with E-state index in [0.29, 0.717) is 13.0 Å². The van der Waals surface area contributed by atoms with E-state index in [1.54, 1.807) is 21.2 Å². The highest BCUT2D eigenvalue weighted by Gasteiger charge is 2.02. The fourth-order valence-electron chi connectivity index (χ4n) is 1.36. The number of nitrogens with two attached hydrogens (primary N) is 1. The van der Waals surface area contributed by atoms with Crippen LogP contribution in [0.5, 0.6) is 5.75 Å². The van der Waals surface area contributed by atoms with E-state index in [9.17, 15) is 4.79 Å². The lowest BCUT2D eigenvalue weighted by molar-refractivity contribution is -0.128. The van der Waals surface area contributed by atoms with Crippen molar-refractivity contribution < 1.29 is 9.53 Å². The Morgan fingerprint density at radius 3 is 2.53 bits per heavy atom. The fourth-order valence-corrected chi connectivity index (χ4v) is 1.36. The van der Waals surface area contributed by atoms with Gasteiger partial charge in [0, 0.05) is 26.2 Å². The number of anilines is 1. The summed E-state index contributed by atoms with van der Waals surface area (Å²) in [6.45, 7) is 0.367. The van der Waals surface area contributed by atoms with Gasteiger partial charge in [0.15, 0.2) is 5.96 Å². The number of hydrogen-bond acceptors (Lipinski definition) is 3. The molecule has 0 saturated heterocycles. The molecule has 6 heteroatoms. The number of rotatable bonds is 5. The molecule has 6 nitrogen and oxygen atoms in total. The normalized spacial score (nSPS) is 11.0. The molecule has 0 aliphatic heterocycles. The fraction of sp³-hybridized carbons (Fsp3) is 0.385. The second-order valence-electron chi connectivity index (χ2n) is 4.16. The lowest BCUT2D eigenvalue weighted by atomic mass is 10.3. The summed E-state index contributed by atoms with van der Waals surface area (Å²) in [5.74, 6) is 1.09. The molecule has 1 rings (SSSR count). The number of hydrogen-bond donors (Lipinski definition) is 2. The highest BCUT2D eigenvalue weighted by Crippen LogP contribution is 2.14. The molecule has 0 saturated carbocycles. The number of aliphatic imine (C=N–C) groups is 1. The minimum Gasteiger partial charge on any atom is -0.497 e. The van der Waals surface area contributed by atoms with E-state index < -0.39 is 0 Å². The average molecular weight is 264 g/mol. The number of ether oxygens (including phenoxy) is 1. The Morgan fingerprint density at radius 2 is 2.00 bits per heavy atom. The lowest BCUT2D eigenvalue weighted by Crippen LogP contribution is -2.25. The van der Waals surface area contributed by atoms with Crippen LogP contribution in [0.25, 0.3) is 0 Å². The van der Waals surface area contributed by atoms with Crippen LogP contribution in [0, 0.1) is 0 Å². The Bertz CT molecular complexity index is 440. The van der Waals surface area contributed by atoms with Crippen LogP contribution in [0.3, 0.4) is 0 Å². The zero-order chi connectivity index (χ0) is 14.3. The van der Waals surface area contributed by atoms with Crippen molar-refractivity contribution in [2.24, 2.45) is 10.7 Å². The van der Waals surface area contributed by atoms with E-state index in [2.05, 4.69) is 10.3 Å². The van der Waals surface area contributed by atoms with Crippen molar-refractivity contribution in [2.45, 2.75) is 6.42 Å². The molecule has 104 valence electrons. The molecule has 1 aromatic rings. The molecule has 1 amide bonds. The topological polar surface area (TPSA) is 80.0 Å². The smallest absolute Gasteiger partial charge is 0.223 e. The van der Waals surface area contributed by atoms with Crippen molar-refractivity contribution in [1.82, 2.24) is 4.90 Å². The summed E-state index contributed by atoms with van der Waals surface area (Å²) in [5.41, 5.74) is 6.54. The van der Waals surface area contributed by atoms with Crippen LogP contribution in [0.2, 0.25) is 0 Å². The molecule has 3 N–H and O–H groups in total. The third-order valence-corrected chi connectivity index (χ3v) is 2.47. The maximum absolute atomic E-state index is 11.3. The van der Waals surface area contributed by atoms with Gasteiger partial charge >= 0.3 is 0 Å². The number of nitrogens with zero attached hydrogens (tertiary/aromatic N) is 2. The quantitative estimate of drug-likeness (QED) is 0.611. The van der Waals surface area contributed by atoms with Crippen molar-refractivity contribution in [2.75, 3.05) is 33.1 Å². The highest BCUT2D eigenvalue weighted by atomic mass is 16.5. The molecule has 0 aromatic heterocycles. The molecule has 0 bridgehead atoms. The van der Waals surface area contributed by atoms with Gasteiger partial charge in [0.1, 0.15) is 5.75 Å². The molecule has 0 aliphatic rings. The first-order valence-electron chi connectivity index (χ1n) is 5.94. The minimum atomic E-state index is 0.0287. The molecule has 0 unspecified atom stereocenters. The summed E-state index contributed by atoms with van der Waals surface area (Å²) < 4.78 is 5.06. The van der Waals surface area contributed by atoms with Gasteiger partial charge in [-0.15, -0.1) is 0 Å². The van der Waals surface area contributed by atoms with E-state index in [1.807, 2.05) is 24.3 Å². The number of carbonyl (C=O) groups is 1. The third kappa shape index (κ3) is 5.29. The molecule has 0 fully saturated rings. The van der Waals surface area contributed by atoms with E-state index in [4.69, 9.17) is 10.5 Å². The first-order chi connectivity index (χ1) is 9.02. The van der Waals surface area contributed by atoms with Gasteiger partial charge in [0.25, 0.3) is 0 Å². The molecule has 1 aromatic carbocycles. The van der Waals surface area contributed by atoms with Crippen LogP contribution < -0.4 is 15.8 Å². The summed E-state index contributed by atoms with van der Waals surface area (Å²) in [7, 11) is 5.04. The third-order valence-electron chi connectivity index (χ3n) is 2.47. The second-order valence-corrected chi connectivity index (χ2v) is 4.16. The van der Waals surface area contributed by atoms with Gasteiger partial charge in [0.05, 0.1) is 13.7 Å². The lowest BCUT2D eigenvalue weighted by Gasteiger charge is -2.09. The van der Waals surface area contributed by atoms with Gasteiger partial charge < -0.3 is 20.7 Å². The number of amides is 1. The summed E-state index contributed by atoms with van der Waals surface area (Å²) in [4.78, 5) is 17.0. The van der Waals surface area contributed by atoms with Gasteiger partial charge in [-0.05, 0) is 24.3 Å². The highest BCUT2D eigenvalue weighted by molar-refractivity contribution is 5.92. The van der Waals surface area contributed by atoms with Crippen molar-refractivity contribution in [3.63, 3.8) is 0 Å². The van der Waals surface area contributed by atoms with Crippen LogP contribution in [-0.2, 0) is 4.79 Å². The number of methoxy groups -OCH3 is 1. The van der Waals surface area contributed by atoms with E-state index in [1.165, 1.54) is 4.90 Å². The zero-order valence-electron chi connectivity index (χ0n) is 11.5. The van der Waals surface area contributed by atoms with E-state index in [0.717, 1.165) is 11.4 Å². The largest absolute Gasteiger partial charge is 0.497 e. The summed E-state index contributed by atoms with van der Waals surface area (Å²) >= 11 is 0. The Labute approximate surface area is 113 Å². The van der Waals surface area contributed by atoms with Crippen LogP contribution in [-0.4, -0.2) is 44.5 Å². The maximum atomic E-state index is 11.3.